The Balaban J connectivity index is 1.62. The summed E-state index contributed by atoms with van der Waals surface area (Å²) in [5.74, 6) is -0.259. The second kappa shape index (κ2) is 7.94. The number of non-ortho nitro benzene ring substituents is 1. The van der Waals surface area contributed by atoms with E-state index in [0.717, 1.165) is 0 Å². The highest BCUT2D eigenvalue weighted by molar-refractivity contribution is 7.14. The van der Waals surface area contributed by atoms with Gasteiger partial charge in [-0.05, 0) is 12.1 Å². The second-order valence-electron chi connectivity index (χ2n) is 5.23. The van der Waals surface area contributed by atoms with Crippen molar-refractivity contribution in [3.63, 3.8) is 0 Å². The highest BCUT2D eigenvalue weighted by atomic mass is 35.5. The zero-order valence-corrected chi connectivity index (χ0v) is 14.9. The predicted octanol–water partition coefficient (Wildman–Crippen LogP) is 4.42. The van der Waals surface area contributed by atoms with E-state index < -0.39 is 4.92 Å². The SMILES string of the molecule is O=C(CNc1nc(-c2cccc([N+](=O)[O-])c2)cs1)Nc1ccccc1Cl. The lowest BCUT2D eigenvalue weighted by atomic mass is 10.1. The van der Waals surface area contributed by atoms with Gasteiger partial charge < -0.3 is 10.6 Å². The molecule has 0 aliphatic heterocycles. The Morgan fingerprint density at radius 1 is 1.23 bits per heavy atom. The number of hydrogen-bond acceptors (Lipinski definition) is 6. The third-order valence-corrected chi connectivity index (χ3v) is 4.53. The number of anilines is 2. The topological polar surface area (TPSA) is 97.2 Å². The summed E-state index contributed by atoms with van der Waals surface area (Å²) in [4.78, 5) is 26.8. The molecule has 1 heterocycles. The monoisotopic (exact) mass is 388 g/mol. The van der Waals surface area contributed by atoms with Gasteiger partial charge in [0, 0.05) is 23.1 Å². The molecule has 1 aromatic heterocycles. The van der Waals surface area contributed by atoms with Crippen molar-refractivity contribution in [3.05, 3.63) is 69.0 Å². The lowest BCUT2D eigenvalue weighted by Gasteiger charge is -2.07. The lowest BCUT2D eigenvalue weighted by Crippen LogP contribution is -2.21. The van der Waals surface area contributed by atoms with Crippen LogP contribution in [0.15, 0.2) is 53.9 Å². The van der Waals surface area contributed by atoms with Gasteiger partial charge in [-0.2, -0.15) is 0 Å². The molecular weight excluding hydrogens is 376 g/mol. The molecule has 1 amide bonds. The quantitative estimate of drug-likeness (QED) is 0.481. The first-order valence-electron chi connectivity index (χ1n) is 7.51. The minimum atomic E-state index is -0.450. The molecule has 0 atom stereocenters. The third kappa shape index (κ3) is 4.35. The lowest BCUT2D eigenvalue weighted by molar-refractivity contribution is -0.384. The molecule has 3 aromatic rings. The second-order valence-corrected chi connectivity index (χ2v) is 6.49. The van der Waals surface area contributed by atoms with Gasteiger partial charge in [0.2, 0.25) is 5.91 Å². The van der Waals surface area contributed by atoms with Gasteiger partial charge in [-0.1, -0.05) is 35.9 Å². The van der Waals surface area contributed by atoms with Gasteiger partial charge in [-0.25, -0.2) is 4.98 Å². The van der Waals surface area contributed by atoms with Crippen molar-refractivity contribution < 1.29 is 9.72 Å². The summed E-state index contributed by atoms with van der Waals surface area (Å²) >= 11 is 7.31. The molecule has 9 heteroatoms. The number of aromatic nitrogens is 1. The van der Waals surface area contributed by atoms with Crippen molar-refractivity contribution in [2.45, 2.75) is 0 Å². The van der Waals surface area contributed by atoms with Crippen molar-refractivity contribution >= 4 is 45.4 Å². The average Bonchev–Trinajstić information content (AvgIpc) is 3.11. The molecule has 0 radical (unpaired) electrons. The molecular formula is C17H13ClN4O3S. The van der Waals surface area contributed by atoms with Crippen LogP contribution in [0.25, 0.3) is 11.3 Å². The van der Waals surface area contributed by atoms with Crippen molar-refractivity contribution in [2.75, 3.05) is 17.2 Å². The Kier molecular flexibility index (Phi) is 5.45. The highest BCUT2D eigenvalue weighted by Gasteiger charge is 2.11. The number of nitro groups is 1. The largest absolute Gasteiger partial charge is 0.352 e. The molecule has 0 unspecified atom stereocenters. The number of nitro benzene ring substituents is 1. The molecule has 0 aliphatic carbocycles. The number of hydrogen-bond donors (Lipinski definition) is 2. The maximum Gasteiger partial charge on any atom is 0.270 e. The summed E-state index contributed by atoms with van der Waals surface area (Å²) < 4.78 is 0. The van der Waals surface area contributed by atoms with E-state index in [0.29, 0.717) is 27.1 Å². The molecule has 2 N–H and O–H groups in total. The number of halogens is 1. The number of rotatable bonds is 6. The summed E-state index contributed by atoms with van der Waals surface area (Å²) in [5, 5.41) is 19.3. The molecule has 0 saturated carbocycles. The molecule has 0 bridgehead atoms. The van der Waals surface area contributed by atoms with Crippen LogP contribution in [-0.4, -0.2) is 22.4 Å². The molecule has 0 aliphatic rings. The Morgan fingerprint density at radius 2 is 2.04 bits per heavy atom. The zero-order valence-electron chi connectivity index (χ0n) is 13.3. The first-order valence-corrected chi connectivity index (χ1v) is 8.77. The fourth-order valence-corrected chi connectivity index (χ4v) is 3.08. The maximum atomic E-state index is 12.0. The number of benzene rings is 2. The van der Waals surface area contributed by atoms with Gasteiger partial charge >= 0.3 is 0 Å². The van der Waals surface area contributed by atoms with Crippen molar-refractivity contribution in [3.8, 4) is 11.3 Å². The standard InChI is InChI=1S/C17H13ClN4O3S/c18-13-6-1-2-7-14(13)20-16(23)9-19-17-21-15(10-26-17)11-4-3-5-12(8-11)22(24)25/h1-8,10H,9H2,(H,19,21)(H,20,23). The Labute approximate surface area is 157 Å². The van der Waals surface area contributed by atoms with Crippen LogP contribution < -0.4 is 10.6 Å². The predicted molar refractivity (Wildman–Crippen MR) is 103 cm³/mol. The summed E-state index contributed by atoms with van der Waals surface area (Å²) in [7, 11) is 0. The van der Waals surface area contributed by atoms with Crippen molar-refractivity contribution in [1.82, 2.24) is 4.98 Å². The van der Waals surface area contributed by atoms with Crippen LogP contribution in [0.1, 0.15) is 0 Å². The van der Waals surface area contributed by atoms with Crippen LogP contribution in [0.3, 0.4) is 0 Å². The molecule has 0 saturated heterocycles. The van der Waals surface area contributed by atoms with Crippen LogP contribution in [0, 0.1) is 10.1 Å². The van der Waals surface area contributed by atoms with Gasteiger partial charge in [-0.3, -0.25) is 14.9 Å². The zero-order chi connectivity index (χ0) is 18.5. The minimum Gasteiger partial charge on any atom is -0.352 e. The number of nitrogens with zero attached hydrogens (tertiary/aromatic N) is 2. The summed E-state index contributed by atoms with van der Waals surface area (Å²) in [6.07, 6.45) is 0. The van der Waals surface area contributed by atoms with Crippen LogP contribution in [0.4, 0.5) is 16.5 Å². The van der Waals surface area contributed by atoms with E-state index in [1.165, 1.54) is 23.5 Å². The number of nitrogens with one attached hydrogen (secondary N) is 2. The highest BCUT2D eigenvalue weighted by Crippen LogP contribution is 2.27. The molecule has 0 fully saturated rings. The van der Waals surface area contributed by atoms with Crippen molar-refractivity contribution in [1.29, 1.82) is 0 Å². The normalized spacial score (nSPS) is 10.3. The van der Waals surface area contributed by atoms with E-state index in [9.17, 15) is 14.9 Å². The first kappa shape index (κ1) is 17.8. The molecule has 7 nitrogen and oxygen atoms in total. The number of carbonyl (C=O) groups is 1. The van der Waals surface area contributed by atoms with Crippen LogP contribution in [0.2, 0.25) is 5.02 Å². The Morgan fingerprint density at radius 3 is 2.81 bits per heavy atom. The van der Waals surface area contributed by atoms with Gasteiger partial charge in [0.05, 0.1) is 27.9 Å². The number of carbonyl (C=O) groups excluding carboxylic acids is 1. The van der Waals surface area contributed by atoms with Crippen LogP contribution in [0.5, 0.6) is 0 Å². The molecule has 3 rings (SSSR count). The fraction of sp³-hybridized carbons (Fsp3) is 0.0588. The Bertz CT molecular complexity index is 960. The minimum absolute atomic E-state index is 0.00382. The van der Waals surface area contributed by atoms with Gasteiger partial charge in [0.15, 0.2) is 5.13 Å². The molecule has 2 aromatic carbocycles. The van der Waals surface area contributed by atoms with E-state index in [1.807, 2.05) is 0 Å². The molecule has 26 heavy (non-hydrogen) atoms. The van der Waals surface area contributed by atoms with Gasteiger partial charge in [0.1, 0.15) is 0 Å². The van der Waals surface area contributed by atoms with E-state index in [2.05, 4.69) is 15.6 Å². The van der Waals surface area contributed by atoms with E-state index >= 15 is 0 Å². The summed E-state index contributed by atoms with van der Waals surface area (Å²) in [6, 6.07) is 13.2. The third-order valence-electron chi connectivity index (χ3n) is 3.41. The first-order chi connectivity index (χ1) is 12.5. The number of amides is 1. The number of thiazole rings is 1. The summed E-state index contributed by atoms with van der Waals surface area (Å²) in [6.45, 7) is 0.0209. The molecule has 0 spiro atoms. The fourth-order valence-electron chi connectivity index (χ4n) is 2.18. The maximum absolute atomic E-state index is 12.0. The van der Waals surface area contributed by atoms with Gasteiger partial charge in [0.25, 0.3) is 5.69 Å². The van der Waals surface area contributed by atoms with E-state index in [-0.39, 0.29) is 18.1 Å². The Hall–Kier alpha value is -2.97. The summed E-state index contributed by atoms with van der Waals surface area (Å²) in [5.41, 5.74) is 1.79. The number of para-hydroxylation sites is 1. The average molecular weight is 389 g/mol. The van der Waals surface area contributed by atoms with E-state index in [1.54, 1.807) is 41.8 Å². The van der Waals surface area contributed by atoms with Crippen molar-refractivity contribution in [2.24, 2.45) is 0 Å². The van der Waals surface area contributed by atoms with Crippen LogP contribution in [-0.2, 0) is 4.79 Å². The van der Waals surface area contributed by atoms with E-state index in [4.69, 9.17) is 11.6 Å². The molecule has 132 valence electrons. The van der Waals surface area contributed by atoms with Gasteiger partial charge in [-0.15, -0.1) is 11.3 Å². The smallest absolute Gasteiger partial charge is 0.270 e. The van der Waals surface area contributed by atoms with Crippen LogP contribution >= 0.6 is 22.9 Å².